The van der Waals surface area contributed by atoms with Crippen molar-refractivity contribution in [1.82, 2.24) is 19.1 Å². The van der Waals surface area contributed by atoms with Gasteiger partial charge in [-0.25, -0.2) is 14.4 Å². The molecule has 0 amide bonds. The molecule has 0 saturated carbocycles. The summed E-state index contributed by atoms with van der Waals surface area (Å²) in [5, 5.41) is 0. The van der Waals surface area contributed by atoms with Gasteiger partial charge in [0.05, 0.1) is 17.6 Å². The van der Waals surface area contributed by atoms with Crippen LogP contribution in [0.2, 0.25) is 0 Å². The number of benzene rings is 2. The zero-order chi connectivity index (χ0) is 24.5. The Morgan fingerprint density at radius 2 is 1.83 bits per heavy atom. The molecule has 7 nitrogen and oxygen atoms in total. The van der Waals surface area contributed by atoms with Gasteiger partial charge in [-0.2, -0.15) is 0 Å². The summed E-state index contributed by atoms with van der Waals surface area (Å²) >= 11 is 0. The molecular formula is C27H29FN6O. The van der Waals surface area contributed by atoms with E-state index in [1.165, 1.54) is 18.2 Å². The molecule has 0 aliphatic carbocycles. The van der Waals surface area contributed by atoms with Gasteiger partial charge in [0.1, 0.15) is 5.82 Å². The lowest BCUT2D eigenvalue weighted by Gasteiger charge is -2.38. The molecule has 0 spiro atoms. The number of allylic oxidation sites excluding steroid dienone is 1. The molecule has 1 saturated heterocycles. The van der Waals surface area contributed by atoms with Crippen molar-refractivity contribution >= 4 is 28.6 Å². The van der Waals surface area contributed by atoms with E-state index in [-0.39, 0.29) is 17.4 Å². The smallest absolute Gasteiger partial charge is 0.259 e. The average molecular weight is 473 g/mol. The van der Waals surface area contributed by atoms with Crippen LogP contribution in [0.4, 0.5) is 16.3 Å². The molecule has 0 radical (unpaired) electrons. The molecular weight excluding hydrogens is 443 g/mol. The van der Waals surface area contributed by atoms with Crippen LogP contribution < -0.4 is 15.4 Å². The maximum atomic E-state index is 13.4. The third-order valence-corrected chi connectivity index (χ3v) is 6.71. The highest BCUT2D eigenvalue weighted by Crippen LogP contribution is 2.28. The molecule has 180 valence electrons. The highest BCUT2D eigenvalue weighted by molar-refractivity contribution is 5.79. The van der Waals surface area contributed by atoms with Gasteiger partial charge < -0.3 is 14.4 Å². The SMILES string of the molecule is C=C(C)n1c(N(C)C2CCN(c3nc4ccccc4n3Cc3ccc(F)cc3)CC2)nccc1=O. The maximum Gasteiger partial charge on any atom is 0.259 e. The Balaban J connectivity index is 1.39. The number of halogens is 1. The minimum absolute atomic E-state index is 0.124. The second-order valence-corrected chi connectivity index (χ2v) is 9.10. The van der Waals surface area contributed by atoms with E-state index in [0.717, 1.165) is 48.5 Å². The van der Waals surface area contributed by atoms with Gasteiger partial charge in [-0.1, -0.05) is 30.8 Å². The minimum atomic E-state index is -0.236. The second kappa shape index (κ2) is 9.37. The molecule has 35 heavy (non-hydrogen) atoms. The van der Waals surface area contributed by atoms with Crippen LogP contribution in [0.15, 0.2) is 72.2 Å². The highest BCUT2D eigenvalue weighted by atomic mass is 19.1. The van der Waals surface area contributed by atoms with Gasteiger partial charge in [0, 0.05) is 44.1 Å². The van der Waals surface area contributed by atoms with Crippen molar-refractivity contribution in [3.63, 3.8) is 0 Å². The van der Waals surface area contributed by atoms with E-state index in [2.05, 4.69) is 32.0 Å². The number of piperidine rings is 1. The number of fused-ring (bicyclic) bond motifs is 1. The topological polar surface area (TPSA) is 59.2 Å². The van der Waals surface area contributed by atoms with Gasteiger partial charge in [0.2, 0.25) is 11.9 Å². The third-order valence-electron chi connectivity index (χ3n) is 6.71. The van der Waals surface area contributed by atoms with Crippen LogP contribution >= 0.6 is 0 Å². The monoisotopic (exact) mass is 472 g/mol. The summed E-state index contributed by atoms with van der Waals surface area (Å²) in [6, 6.07) is 16.5. The van der Waals surface area contributed by atoms with Crippen LogP contribution in [-0.2, 0) is 6.54 Å². The Morgan fingerprint density at radius 3 is 2.54 bits per heavy atom. The molecule has 0 N–H and O–H groups in total. The van der Waals surface area contributed by atoms with Crippen LogP contribution in [0, 0.1) is 5.82 Å². The van der Waals surface area contributed by atoms with Crippen LogP contribution in [0.25, 0.3) is 16.7 Å². The number of hydrogen-bond acceptors (Lipinski definition) is 5. The number of aromatic nitrogens is 4. The summed E-state index contributed by atoms with van der Waals surface area (Å²) < 4.78 is 17.2. The van der Waals surface area contributed by atoms with Crippen molar-refractivity contribution in [1.29, 1.82) is 0 Å². The van der Waals surface area contributed by atoms with Crippen LogP contribution in [0.3, 0.4) is 0 Å². The van der Waals surface area contributed by atoms with Gasteiger partial charge in [0.25, 0.3) is 5.56 Å². The second-order valence-electron chi connectivity index (χ2n) is 9.10. The predicted molar refractivity (Wildman–Crippen MR) is 138 cm³/mol. The third kappa shape index (κ3) is 4.43. The molecule has 0 unspecified atom stereocenters. The van der Waals surface area contributed by atoms with Crippen molar-refractivity contribution in [3.8, 4) is 0 Å². The molecule has 1 fully saturated rings. The number of rotatable bonds is 6. The zero-order valence-corrected chi connectivity index (χ0v) is 20.1. The first-order valence-electron chi connectivity index (χ1n) is 11.8. The minimum Gasteiger partial charge on any atom is -0.342 e. The zero-order valence-electron chi connectivity index (χ0n) is 20.1. The van der Waals surface area contributed by atoms with Crippen LogP contribution in [0.1, 0.15) is 25.3 Å². The Hall–Kier alpha value is -3.94. The number of para-hydroxylation sites is 2. The van der Waals surface area contributed by atoms with Crippen molar-refractivity contribution in [3.05, 3.63) is 89.1 Å². The first-order chi connectivity index (χ1) is 16.9. The molecule has 0 atom stereocenters. The Kier molecular flexibility index (Phi) is 6.11. The van der Waals surface area contributed by atoms with Crippen LogP contribution in [0.5, 0.6) is 0 Å². The van der Waals surface area contributed by atoms with Crippen LogP contribution in [-0.4, -0.2) is 45.3 Å². The fraction of sp³-hybridized carbons (Fsp3) is 0.296. The average Bonchev–Trinajstić information content (AvgIpc) is 3.23. The van der Waals surface area contributed by atoms with Gasteiger partial charge in [0.15, 0.2) is 0 Å². The standard InChI is InChI=1S/C27H29FN6O/c1-19(2)34-25(35)12-15-29-26(34)31(3)22-13-16-32(17-14-22)27-30-23-6-4-5-7-24(23)33(27)18-20-8-10-21(28)11-9-20/h4-12,15,22H,1,13-14,16-18H2,2-3H3. The number of imidazole rings is 1. The normalized spacial score (nSPS) is 14.4. The molecule has 2 aromatic carbocycles. The Labute approximate surface area is 203 Å². The molecule has 2 aromatic heterocycles. The predicted octanol–water partition coefficient (Wildman–Crippen LogP) is 4.38. The van der Waals surface area contributed by atoms with Crippen molar-refractivity contribution in [2.24, 2.45) is 0 Å². The fourth-order valence-corrected chi connectivity index (χ4v) is 4.86. The van der Waals surface area contributed by atoms with Crippen molar-refractivity contribution in [2.45, 2.75) is 32.4 Å². The maximum absolute atomic E-state index is 13.4. The van der Waals surface area contributed by atoms with E-state index >= 15 is 0 Å². The quantitative estimate of drug-likeness (QED) is 0.417. The first kappa shape index (κ1) is 22.8. The van der Waals surface area contributed by atoms with Gasteiger partial charge >= 0.3 is 0 Å². The molecule has 0 bridgehead atoms. The fourth-order valence-electron chi connectivity index (χ4n) is 4.86. The largest absolute Gasteiger partial charge is 0.342 e. The number of nitrogens with zero attached hydrogens (tertiary/aromatic N) is 6. The molecule has 1 aliphatic rings. The number of anilines is 2. The van der Waals surface area contributed by atoms with E-state index in [4.69, 9.17) is 4.98 Å². The first-order valence-corrected chi connectivity index (χ1v) is 11.8. The van der Waals surface area contributed by atoms with E-state index in [1.54, 1.807) is 10.8 Å². The Bertz CT molecular complexity index is 1420. The lowest BCUT2D eigenvalue weighted by Crippen LogP contribution is -2.46. The summed E-state index contributed by atoms with van der Waals surface area (Å²) in [4.78, 5) is 26.2. The molecule has 4 aromatic rings. The van der Waals surface area contributed by atoms with Gasteiger partial charge in [-0.15, -0.1) is 0 Å². The highest BCUT2D eigenvalue weighted by Gasteiger charge is 2.28. The van der Waals surface area contributed by atoms with Crippen molar-refractivity contribution in [2.75, 3.05) is 29.9 Å². The van der Waals surface area contributed by atoms with E-state index < -0.39 is 0 Å². The summed E-state index contributed by atoms with van der Waals surface area (Å²) in [7, 11) is 1.99. The summed E-state index contributed by atoms with van der Waals surface area (Å²) in [6.45, 7) is 8.04. The molecule has 5 rings (SSSR count). The van der Waals surface area contributed by atoms with E-state index in [0.29, 0.717) is 18.2 Å². The van der Waals surface area contributed by atoms with Gasteiger partial charge in [-0.3, -0.25) is 9.36 Å². The molecule has 8 heteroatoms. The summed E-state index contributed by atoms with van der Waals surface area (Å²) in [5.41, 5.74) is 3.56. The number of hydrogen-bond donors (Lipinski definition) is 0. The Morgan fingerprint density at radius 1 is 1.11 bits per heavy atom. The van der Waals surface area contributed by atoms with Crippen molar-refractivity contribution < 1.29 is 4.39 Å². The summed E-state index contributed by atoms with van der Waals surface area (Å²) in [5.74, 6) is 1.31. The van der Waals surface area contributed by atoms with E-state index in [1.807, 2.05) is 44.3 Å². The van der Waals surface area contributed by atoms with E-state index in [9.17, 15) is 9.18 Å². The molecule has 3 heterocycles. The summed E-state index contributed by atoms with van der Waals surface area (Å²) in [6.07, 6.45) is 3.36. The molecule has 1 aliphatic heterocycles. The lowest BCUT2D eigenvalue weighted by atomic mass is 10.0. The lowest BCUT2D eigenvalue weighted by molar-refractivity contribution is 0.467. The van der Waals surface area contributed by atoms with Gasteiger partial charge in [-0.05, 0) is 49.6 Å².